The van der Waals surface area contributed by atoms with Crippen molar-refractivity contribution in [3.63, 3.8) is 0 Å². The Morgan fingerprint density at radius 3 is 2.32 bits per heavy atom. The van der Waals surface area contributed by atoms with Gasteiger partial charge in [0, 0.05) is 30.0 Å². The zero-order valence-corrected chi connectivity index (χ0v) is 20.1. The number of halogens is 1. The number of rotatable bonds is 4. The number of carbonyl (C=O) groups excluding carboxylic acids is 1. The molecule has 176 valence electrons. The molecular weight excluding hydrogens is 436 g/mol. The minimum Gasteiger partial charge on any atom is -0.399 e. The average molecular weight is 463 g/mol. The molecule has 0 spiro atoms. The lowest BCUT2D eigenvalue weighted by Gasteiger charge is -2.32. The van der Waals surface area contributed by atoms with E-state index in [2.05, 4.69) is 10.4 Å². The summed E-state index contributed by atoms with van der Waals surface area (Å²) in [6, 6.07) is 11.7. The summed E-state index contributed by atoms with van der Waals surface area (Å²) in [5.74, 6) is -1.01. The highest BCUT2D eigenvalue weighted by atomic mass is 19.1. The summed E-state index contributed by atoms with van der Waals surface area (Å²) in [5, 5.41) is 6.59. The number of amides is 1. The Bertz CT molecular complexity index is 1320. The lowest BCUT2D eigenvalue weighted by molar-refractivity contribution is 0.00578. The number of anilines is 1. The third kappa shape index (κ3) is 4.06. The van der Waals surface area contributed by atoms with Crippen molar-refractivity contribution in [2.75, 3.05) is 5.32 Å². The predicted molar refractivity (Wildman–Crippen MR) is 130 cm³/mol. The second-order valence-corrected chi connectivity index (χ2v) is 9.40. The maximum atomic E-state index is 15.8. The highest BCUT2D eigenvalue weighted by Crippen LogP contribution is 2.37. The molecular formula is C25H27BFN3O4. The Hall–Kier alpha value is -3.30. The van der Waals surface area contributed by atoms with Crippen LogP contribution < -0.4 is 16.3 Å². The molecule has 0 bridgehead atoms. The Labute approximate surface area is 198 Å². The molecule has 2 heterocycles. The molecule has 0 unspecified atom stereocenters. The number of hydrogen-bond acceptors (Lipinski definition) is 5. The van der Waals surface area contributed by atoms with Crippen LogP contribution in [0.5, 0.6) is 0 Å². The number of nitrogens with zero attached hydrogens (tertiary/aromatic N) is 2. The monoisotopic (exact) mass is 463 g/mol. The lowest BCUT2D eigenvalue weighted by Crippen LogP contribution is -2.41. The Morgan fingerprint density at radius 1 is 1.03 bits per heavy atom. The van der Waals surface area contributed by atoms with E-state index in [1.165, 1.54) is 19.3 Å². The maximum Gasteiger partial charge on any atom is 0.497 e. The van der Waals surface area contributed by atoms with Gasteiger partial charge < -0.3 is 14.6 Å². The molecule has 4 rings (SSSR count). The molecule has 34 heavy (non-hydrogen) atoms. The van der Waals surface area contributed by atoms with Gasteiger partial charge in [0.25, 0.3) is 11.5 Å². The van der Waals surface area contributed by atoms with Gasteiger partial charge in [0.2, 0.25) is 0 Å². The standard InChI is InChI=1S/C25H27BFN3O4/c1-15-16(9-8-12-20(15)29-22(31)18-13-14-28-30(6)23(18)32)17-10-7-11-19(21(17)27)26-33-24(2,3)25(4,5)34-26/h7-14H,1-6H3,(H,29,31). The van der Waals surface area contributed by atoms with E-state index in [4.69, 9.17) is 9.31 Å². The van der Waals surface area contributed by atoms with Crippen molar-refractivity contribution in [3.05, 3.63) is 76.0 Å². The fourth-order valence-electron chi connectivity index (χ4n) is 3.84. The highest BCUT2D eigenvalue weighted by molar-refractivity contribution is 6.62. The summed E-state index contributed by atoms with van der Waals surface area (Å²) in [4.78, 5) is 25.0. The molecule has 0 atom stereocenters. The van der Waals surface area contributed by atoms with Gasteiger partial charge in [-0.15, -0.1) is 0 Å². The van der Waals surface area contributed by atoms with Gasteiger partial charge in [-0.2, -0.15) is 5.10 Å². The fraction of sp³-hybridized carbons (Fsp3) is 0.320. The predicted octanol–water partition coefficient (Wildman–Crippen LogP) is 3.45. The van der Waals surface area contributed by atoms with Crippen LogP contribution in [0.25, 0.3) is 11.1 Å². The minimum absolute atomic E-state index is 0.0313. The second-order valence-electron chi connectivity index (χ2n) is 9.40. The van der Waals surface area contributed by atoms with Crippen LogP contribution in [0.3, 0.4) is 0 Å². The van der Waals surface area contributed by atoms with Gasteiger partial charge in [0.15, 0.2) is 0 Å². The summed E-state index contributed by atoms with van der Waals surface area (Å²) in [6.45, 7) is 9.46. The first-order valence-corrected chi connectivity index (χ1v) is 11.0. The van der Waals surface area contributed by atoms with E-state index in [0.717, 1.165) is 4.68 Å². The normalized spacial score (nSPS) is 16.5. The number of hydrogen-bond donors (Lipinski definition) is 1. The third-order valence-electron chi connectivity index (χ3n) is 6.66. The van der Waals surface area contributed by atoms with Crippen LogP contribution in [0.1, 0.15) is 43.6 Å². The molecule has 1 fully saturated rings. The van der Waals surface area contributed by atoms with Crippen LogP contribution in [-0.2, 0) is 16.4 Å². The number of benzene rings is 2. The highest BCUT2D eigenvalue weighted by Gasteiger charge is 2.52. The second kappa shape index (κ2) is 8.49. The Balaban J connectivity index is 1.69. The Kier molecular flexibility index (Phi) is 5.95. The van der Waals surface area contributed by atoms with E-state index in [1.807, 2.05) is 27.7 Å². The molecule has 3 aromatic rings. The smallest absolute Gasteiger partial charge is 0.399 e. The van der Waals surface area contributed by atoms with Crippen molar-refractivity contribution >= 4 is 24.2 Å². The summed E-state index contributed by atoms with van der Waals surface area (Å²) in [6.07, 6.45) is 1.39. The van der Waals surface area contributed by atoms with Crippen LogP contribution in [0.4, 0.5) is 10.1 Å². The van der Waals surface area contributed by atoms with Crippen molar-refractivity contribution in [2.45, 2.75) is 45.8 Å². The number of carbonyl (C=O) groups is 1. The molecule has 1 aromatic heterocycles. The molecule has 1 aliphatic heterocycles. The first kappa shape index (κ1) is 23.8. The molecule has 7 nitrogen and oxygen atoms in total. The molecule has 0 saturated carbocycles. The Morgan fingerprint density at radius 2 is 1.65 bits per heavy atom. The zero-order valence-electron chi connectivity index (χ0n) is 20.1. The summed E-state index contributed by atoms with van der Waals surface area (Å²) < 4.78 is 28.9. The third-order valence-corrected chi connectivity index (χ3v) is 6.66. The molecule has 2 aromatic carbocycles. The van der Waals surface area contributed by atoms with Gasteiger partial charge >= 0.3 is 7.12 Å². The largest absolute Gasteiger partial charge is 0.497 e. The van der Waals surface area contributed by atoms with Gasteiger partial charge in [0.1, 0.15) is 11.4 Å². The molecule has 1 aliphatic rings. The van der Waals surface area contributed by atoms with Gasteiger partial charge in [-0.1, -0.05) is 30.3 Å². The van der Waals surface area contributed by atoms with E-state index in [-0.39, 0.29) is 5.56 Å². The fourth-order valence-corrected chi connectivity index (χ4v) is 3.84. The van der Waals surface area contributed by atoms with E-state index in [0.29, 0.717) is 27.8 Å². The van der Waals surface area contributed by atoms with Crippen LogP contribution in [0, 0.1) is 12.7 Å². The van der Waals surface area contributed by atoms with Crippen molar-refractivity contribution in [3.8, 4) is 11.1 Å². The summed E-state index contributed by atoms with van der Waals surface area (Å²) >= 11 is 0. The molecule has 0 radical (unpaired) electrons. The van der Waals surface area contributed by atoms with Crippen molar-refractivity contribution < 1.29 is 18.5 Å². The molecule has 9 heteroatoms. The molecule has 1 amide bonds. The lowest BCUT2D eigenvalue weighted by atomic mass is 9.77. The van der Waals surface area contributed by atoms with Crippen molar-refractivity contribution in [2.24, 2.45) is 7.05 Å². The van der Waals surface area contributed by atoms with Crippen LogP contribution in [0.15, 0.2) is 53.5 Å². The van der Waals surface area contributed by atoms with Gasteiger partial charge in [-0.05, 0) is 57.9 Å². The molecule has 1 saturated heterocycles. The quantitative estimate of drug-likeness (QED) is 0.600. The minimum atomic E-state index is -0.837. The first-order chi connectivity index (χ1) is 15.9. The van der Waals surface area contributed by atoms with Crippen molar-refractivity contribution in [1.29, 1.82) is 0 Å². The number of nitrogens with one attached hydrogen (secondary N) is 1. The average Bonchev–Trinajstić information content (AvgIpc) is 2.98. The zero-order chi connectivity index (χ0) is 24.8. The van der Waals surface area contributed by atoms with Crippen LogP contribution in [0.2, 0.25) is 0 Å². The topological polar surface area (TPSA) is 82.5 Å². The number of aryl methyl sites for hydroxylation is 1. The maximum absolute atomic E-state index is 15.8. The number of aromatic nitrogens is 2. The summed E-state index contributed by atoms with van der Waals surface area (Å²) in [7, 11) is 0.636. The van der Waals surface area contributed by atoms with E-state index < -0.39 is 35.6 Å². The van der Waals surface area contributed by atoms with Gasteiger partial charge in [-0.3, -0.25) is 9.59 Å². The summed E-state index contributed by atoms with van der Waals surface area (Å²) in [5.41, 5.74) is 0.691. The van der Waals surface area contributed by atoms with Gasteiger partial charge in [-0.25, -0.2) is 9.07 Å². The van der Waals surface area contributed by atoms with Crippen LogP contribution in [-0.4, -0.2) is 34.0 Å². The molecule has 0 aliphatic carbocycles. The van der Waals surface area contributed by atoms with E-state index in [1.54, 1.807) is 43.3 Å². The first-order valence-electron chi connectivity index (χ1n) is 11.0. The van der Waals surface area contributed by atoms with Crippen molar-refractivity contribution in [1.82, 2.24) is 9.78 Å². The van der Waals surface area contributed by atoms with Crippen LogP contribution >= 0.6 is 0 Å². The molecule has 1 N–H and O–H groups in total. The SMILES string of the molecule is Cc1c(NC(=O)c2ccnn(C)c2=O)cccc1-c1cccc(B2OC(C)(C)C(C)(C)O2)c1F. The van der Waals surface area contributed by atoms with E-state index in [9.17, 15) is 9.59 Å². The van der Waals surface area contributed by atoms with Gasteiger partial charge in [0.05, 0.1) is 11.2 Å². The van der Waals surface area contributed by atoms with E-state index >= 15 is 4.39 Å².